The van der Waals surface area contributed by atoms with Gasteiger partial charge in [0, 0.05) is 12.1 Å². The zero-order chi connectivity index (χ0) is 25.6. The predicted octanol–water partition coefficient (Wildman–Crippen LogP) is 3.23. The number of benzene rings is 1. The number of hydrogen-bond acceptors (Lipinski definition) is 6. The van der Waals surface area contributed by atoms with E-state index < -0.39 is 94.1 Å². The van der Waals surface area contributed by atoms with E-state index in [2.05, 4.69) is 10.1 Å². The third-order valence-corrected chi connectivity index (χ3v) is 6.58. The first-order chi connectivity index (χ1) is 16.4. The predicted molar refractivity (Wildman–Crippen MR) is 109 cm³/mol. The molecule has 4 rings (SSSR count). The number of likely N-dealkylation sites (tertiary alicyclic amines) is 1. The van der Waals surface area contributed by atoms with Gasteiger partial charge in [-0.25, -0.2) is 43.9 Å². The maximum absolute atomic E-state index is 14.5. The molecule has 2 atom stereocenters. The number of pyridine rings is 1. The summed E-state index contributed by atoms with van der Waals surface area (Å²) in [7, 11) is -4.61. The Balaban J connectivity index is 1.66. The molecule has 15 heteroatoms. The van der Waals surface area contributed by atoms with Crippen molar-refractivity contribution in [1.29, 1.82) is 0 Å². The molecule has 2 aromatic rings. The Bertz CT molecular complexity index is 1260. The Morgan fingerprint density at radius 2 is 1.86 bits per heavy atom. The van der Waals surface area contributed by atoms with Gasteiger partial charge in [0.2, 0.25) is 21.6 Å². The van der Waals surface area contributed by atoms with Crippen molar-refractivity contribution in [2.45, 2.75) is 24.0 Å². The van der Waals surface area contributed by atoms with E-state index in [9.17, 15) is 39.2 Å². The number of rotatable bonds is 6. The second-order valence-corrected chi connectivity index (χ2v) is 9.77. The van der Waals surface area contributed by atoms with Crippen LogP contribution in [0.25, 0.3) is 11.1 Å². The molecule has 1 fully saturated rings. The van der Waals surface area contributed by atoms with E-state index in [1.54, 1.807) is 4.72 Å². The molecule has 1 N–H and O–H groups in total. The van der Waals surface area contributed by atoms with Gasteiger partial charge in [0.05, 0.1) is 30.4 Å². The third kappa shape index (κ3) is 4.66. The van der Waals surface area contributed by atoms with Crippen LogP contribution in [0.2, 0.25) is 0 Å². The molecular weight excluding hydrogens is 509 g/mol. The monoisotopic (exact) mass is 526 g/mol. The first kappa shape index (κ1) is 25.2. The van der Waals surface area contributed by atoms with E-state index >= 15 is 0 Å². The van der Waals surface area contributed by atoms with Gasteiger partial charge in [0.1, 0.15) is 36.0 Å². The number of aromatic nitrogens is 1. The zero-order valence-corrected chi connectivity index (χ0v) is 18.4. The number of alkyl halides is 4. The van der Waals surface area contributed by atoms with Crippen LogP contribution in [0.15, 0.2) is 35.6 Å². The van der Waals surface area contributed by atoms with Gasteiger partial charge in [-0.15, -0.1) is 0 Å². The maximum Gasteiger partial charge on any atom is 0.282 e. The standard InChI is InChI=1S/C20H17F7N4O3S/c21-8-19(18-12(4-11(23)6-28-18)17-13(24)2-1-3-14(17)25)5-16(29-34-19)31-7-15(20(26,27)9-31)30-35(32,33)10-22/h1-4,6,15,30H,5,7-10H2/t15-,19-/m1/s1. The smallest absolute Gasteiger partial charge is 0.282 e. The van der Waals surface area contributed by atoms with Crippen LogP contribution in [-0.2, 0) is 20.5 Å². The van der Waals surface area contributed by atoms with Crippen molar-refractivity contribution in [3.63, 3.8) is 0 Å². The minimum Gasteiger partial charge on any atom is -0.378 e. The summed E-state index contributed by atoms with van der Waals surface area (Å²) in [4.78, 5) is 9.90. The summed E-state index contributed by atoms with van der Waals surface area (Å²) in [5.41, 5.74) is -3.73. The Labute approximate surface area is 194 Å². The summed E-state index contributed by atoms with van der Waals surface area (Å²) >= 11 is 0. The van der Waals surface area contributed by atoms with E-state index in [4.69, 9.17) is 4.84 Å². The Kier molecular flexibility index (Phi) is 6.42. The highest BCUT2D eigenvalue weighted by molar-refractivity contribution is 7.89. The first-order valence-corrected chi connectivity index (χ1v) is 11.7. The first-order valence-electron chi connectivity index (χ1n) is 10.0. The summed E-state index contributed by atoms with van der Waals surface area (Å²) < 4.78 is 123. The molecule has 1 aromatic carbocycles. The van der Waals surface area contributed by atoms with Gasteiger partial charge in [0.15, 0.2) is 0 Å². The van der Waals surface area contributed by atoms with Gasteiger partial charge in [-0.1, -0.05) is 11.2 Å². The van der Waals surface area contributed by atoms with Crippen LogP contribution in [-0.4, -0.2) is 61.9 Å². The van der Waals surface area contributed by atoms with E-state index in [1.165, 1.54) is 0 Å². The van der Waals surface area contributed by atoms with Crippen molar-refractivity contribution in [3.05, 3.63) is 53.6 Å². The largest absolute Gasteiger partial charge is 0.378 e. The van der Waals surface area contributed by atoms with Gasteiger partial charge >= 0.3 is 0 Å². The number of halogens is 7. The second-order valence-electron chi connectivity index (χ2n) is 8.09. The number of amidine groups is 1. The molecule has 0 radical (unpaired) electrons. The molecule has 0 spiro atoms. The second kappa shape index (κ2) is 8.93. The molecule has 0 amide bonds. The fraction of sp³-hybridized carbons (Fsp3) is 0.400. The fourth-order valence-electron chi connectivity index (χ4n) is 3.99. The molecule has 35 heavy (non-hydrogen) atoms. The van der Waals surface area contributed by atoms with Gasteiger partial charge in [-0.05, 0) is 18.2 Å². The molecule has 1 saturated heterocycles. The Morgan fingerprint density at radius 1 is 1.17 bits per heavy atom. The number of nitrogens with zero attached hydrogens (tertiary/aromatic N) is 3. The normalized spacial score (nSPS) is 23.9. The van der Waals surface area contributed by atoms with Crippen LogP contribution >= 0.6 is 0 Å². The highest BCUT2D eigenvalue weighted by Crippen LogP contribution is 2.42. The summed E-state index contributed by atoms with van der Waals surface area (Å²) in [6.45, 7) is -3.09. The summed E-state index contributed by atoms with van der Waals surface area (Å²) in [6.07, 6.45) is 0.117. The van der Waals surface area contributed by atoms with E-state index in [1.807, 2.05) is 0 Å². The quantitative estimate of drug-likeness (QED) is 0.585. The average Bonchev–Trinajstić information content (AvgIpc) is 3.35. The third-order valence-electron chi connectivity index (χ3n) is 5.65. The van der Waals surface area contributed by atoms with Gasteiger partial charge < -0.3 is 9.74 Å². The summed E-state index contributed by atoms with van der Waals surface area (Å²) in [6, 6.07) is -0.303. The molecule has 2 aliphatic rings. The van der Waals surface area contributed by atoms with Crippen molar-refractivity contribution in [2.75, 3.05) is 25.8 Å². The molecule has 0 bridgehead atoms. The van der Waals surface area contributed by atoms with E-state index in [-0.39, 0.29) is 5.84 Å². The maximum atomic E-state index is 14.5. The molecule has 2 aliphatic heterocycles. The van der Waals surface area contributed by atoms with Crippen molar-refractivity contribution in [3.8, 4) is 11.1 Å². The van der Waals surface area contributed by atoms with Crippen LogP contribution in [0.5, 0.6) is 0 Å². The minimum atomic E-state index is -4.61. The van der Waals surface area contributed by atoms with Crippen LogP contribution in [0.1, 0.15) is 12.1 Å². The fourth-order valence-corrected chi connectivity index (χ4v) is 4.73. The van der Waals surface area contributed by atoms with Crippen molar-refractivity contribution in [1.82, 2.24) is 14.6 Å². The highest BCUT2D eigenvalue weighted by atomic mass is 32.2. The van der Waals surface area contributed by atoms with E-state index in [0.717, 1.165) is 29.2 Å². The van der Waals surface area contributed by atoms with Gasteiger partial charge in [-0.3, -0.25) is 4.98 Å². The minimum absolute atomic E-state index is 0.240. The van der Waals surface area contributed by atoms with E-state index in [0.29, 0.717) is 6.20 Å². The SMILES string of the molecule is O=S(=O)(CF)N[C@@H]1CN(C2=NO[C@](CF)(c3ncc(F)cc3-c3c(F)cccc3F)C2)CC1(F)F. The molecule has 0 saturated carbocycles. The lowest BCUT2D eigenvalue weighted by molar-refractivity contribution is -0.0435. The Morgan fingerprint density at radius 3 is 2.49 bits per heavy atom. The molecule has 7 nitrogen and oxygen atoms in total. The van der Waals surface area contributed by atoms with Crippen LogP contribution in [0, 0.1) is 17.5 Å². The van der Waals surface area contributed by atoms with Crippen LogP contribution < -0.4 is 4.72 Å². The number of oxime groups is 1. The lowest BCUT2D eigenvalue weighted by Gasteiger charge is -2.26. The van der Waals surface area contributed by atoms with Crippen LogP contribution in [0.4, 0.5) is 30.7 Å². The number of sulfonamides is 1. The van der Waals surface area contributed by atoms with Crippen molar-refractivity contribution >= 4 is 15.9 Å². The number of hydrogen-bond donors (Lipinski definition) is 1. The topological polar surface area (TPSA) is 83.9 Å². The van der Waals surface area contributed by atoms with Gasteiger partial charge in [0.25, 0.3) is 5.92 Å². The molecular formula is C20H17F7N4O3S. The lowest BCUT2D eigenvalue weighted by atomic mass is 9.89. The molecule has 1 aromatic heterocycles. The van der Waals surface area contributed by atoms with Crippen LogP contribution in [0.3, 0.4) is 0 Å². The molecule has 190 valence electrons. The van der Waals surface area contributed by atoms with Gasteiger partial charge in [-0.2, -0.15) is 0 Å². The average molecular weight is 526 g/mol. The highest BCUT2D eigenvalue weighted by Gasteiger charge is 2.54. The molecule has 3 heterocycles. The zero-order valence-electron chi connectivity index (χ0n) is 17.6. The lowest BCUT2D eigenvalue weighted by Crippen LogP contribution is -2.47. The van der Waals surface area contributed by atoms with Crippen molar-refractivity contribution in [2.24, 2.45) is 5.16 Å². The molecule has 0 unspecified atom stereocenters. The van der Waals surface area contributed by atoms with Crippen molar-refractivity contribution < 1.29 is 44.0 Å². The Hall–Kier alpha value is -2.94. The summed E-state index contributed by atoms with van der Waals surface area (Å²) in [5.74, 6) is -7.04. The molecule has 0 aliphatic carbocycles. The number of nitrogens with one attached hydrogen (secondary N) is 1. The summed E-state index contributed by atoms with van der Waals surface area (Å²) in [5, 5.41) is 3.63.